The number of hydrogen-bond donors (Lipinski definition) is 3. The Bertz CT molecular complexity index is 1020. The first-order chi connectivity index (χ1) is 15.6. The Morgan fingerprint density at radius 1 is 1.12 bits per heavy atom. The third kappa shape index (κ3) is 5.82. The van der Waals surface area contributed by atoms with Crippen LogP contribution in [0.15, 0.2) is 47.8 Å². The number of aromatic nitrogens is 2. The van der Waals surface area contributed by atoms with Gasteiger partial charge in [0.1, 0.15) is 5.82 Å². The Hall–Kier alpha value is -3.01. The van der Waals surface area contributed by atoms with Crippen LogP contribution in [-0.4, -0.2) is 65.2 Å². The van der Waals surface area contributed by atoms with Gasteiger partial charge in [-0.25, -0.2) is 4.98 Å². The van der Waals surface area contributed by atoms with Crippen molar-refractivity contribution in [2.75, 3.05) is 49.5 Å². The van der Waals surface area contributed by atoms with Crippen molar-refractivity contribution in [1.29, 1.82) is 0 Å². The van der Waals surface area contributed by atoms with Gasteiger partial charge in [0.2, 0.25) is 5.95 Å². The summed E-state index contributed by atoms with van der Waals surface area (Å²) >= 11 is 1.63. The maximum atomic E-state index is 12.4. The number of aliphatic hydroxyl groups excluding tert-OH is 1. The van der Waals surface area contributed by atoms with Crippen LogP contribution in [0.4, 0.5) is 17.5 Å². The van der Waals surface area contributed by atoms with Gasteiger partial charge in [0.25, 0.3) is 5.91 Å². The summed E-state index contributed by atoms with van der Waals surface area (Å²) in [5.74, 6) is 1.34. The van der Waals surface area contributed by atoms with Crippen LogP contribution in [0.2, 0.25) is 0 Å². The standard InChI is InChI=1S/C23H28N6O2S/c1-17-15-21(27-23(25-17)29-10-8-28(9-11-29)12-13-30)26-19-6-4-18(5-7-19)22(31)24-16-20-3-2-14-32-20/h2-7,14-15,30H,8-13,16H2,1H3,(H,24,31)(H,25,26,27). The van der Waals surface area contributed by atoms with Crippen LogP contribution < -0.4 is 15.5 Å². The lowest BCUT2D eigenvalue weighted by Crippen LogP contribution is -2.47. The van der Waals surface area contributed by atoms with Crippen LogP contribution in [0.5, 0.6) is 0 Å². The quantitative estimate of drug-likeness (QED) is 0.484. The highest BCUT2D eigenvalue weighted by Gasteiger charge is 2.19. The Balaban J connectivity index is 1.37. The number of nitrogens with one attached hydrogen (secondary N) is 2. The largest absolute Gasteiger partial charge is 0.395 e. The lowest BCUT2D eigenvalue weighted by molar-refractivity contribution is 0.0951. The topological polar surface area (TPSA) is 93.6 Å². The van der Waals surface area contributed by atoms with Crippen LogP contribution in [0, 0.1) is 6.92 Å². The third-order valence-electron chi connectivity index (χ3n) is 5.34. The molecule has 9 heteroatoms. The molecular formula is C23H28N6O2S. The number of β-amino-alcohol motifs (C(OH)–C–C–N with tert-alkyl or cyclic N) is 1. The number of amides is 1. The molecular weight excluding hydrogens is 424 g/mol. The van der Waals surface area contributed by atoms with Crippen LogP contribution in [0.1, 0.15) is 20.9 Å². The van der Waals surface area contributed by atoms with E-state index in [0.717, 1.165) is 48.3 Å². The maximum Gasteiger partial charge on any atom is 0.251 e. The van der Waals surface area contributed by atoms with Crippen molar-refractivity contribution in [3.63, 3.8) is 0 Å². The molecule has 0 atom stereocenters. The summed E-state index contributed by atoms with van der Waals surface area (Å²) in [4.78, 5) is 27.2. The van der Waals surface area contributed by atoms with E-state index >= 15 is 0 Å². The summed E-state index contributed by atoms with van der Waals surface area (Å²) in [7, 11) is 0. The van der Waals surface area contributed by atoms with E-state index < -0.39 is 0 Å². The first kappa shape index (κ1) is 22.2. The minimum Gasteiger partial charge on any atom is -0.395 e. The lowest BCUT2D eigenvalue weighted by Gasteiger charge is -2.34. The smallest absolute Gasteiger partial charge is 0.251 e. The second-order valence-electron chi connectivity index (χ2n) is 7.71. The molecule has 0 spiro atoms. The number of nitrogens with zero attached hydrogens (tertiary/aromatic N) is 4. The fourth-order valence-electron chi connectivity index (χ4n) is 3.61. The van der Waals surface area contributed by atoms with Crippen molar-refractivity contribution in [1.82, 2.24) is 20.2 Å². The highest BCUT2D eigenvalue weighted by molar-refractivity contribution is 7.09. The van der Waals surface area contributed by atoms with Crippen molar-refractivity contribution in [2.45, 2.75) is 13.5 Å². The lowest BCUT2D eigenvalue weighted by atomic mass is 10.2. The molecule has 4 rings (SSSR count). The van der Waals surface area contributed by atoms with E-state index in [2.05, 4.69) is 25.4 Å². The summed E-state index contributed by atoms with van der Waals surface area (Å²) in [6.07, 6.45) is 0. The molecule has 1 saturated heterocycles. The number of carbonyl (C=O) groups excluding carboxylic acids is 1. The molecule has 168 valence electrons. The fraction of sp³-hybridized carbons (Fsp3) is 0.348. The van der Waals surface area contributed by atoms with Gasteiger partial charge in [-0.05, 0) is 42.6 Å². The number of carbonyl (C=O) groups is 1. The number of hydrogen-bond acceptors (Lipinski definition) is 8. The molecule has 0 radical (unpaired) electrons. The monoisotopic (exact) mass is 452 g/mol. The summed E-state index contributed by atoms with van der Waals surface area (Å²) in [5, 5.41) is 17.4. The minimum atomic E-state index is -0.0922. The first-order valence-electron chi connectivity index (χ1n) is 10.7. The van der Waals surface area contributed by atoms with Crippen LogP contribution >= 0.6 is 11.3 Å². The van der Waals surface area contributed by atoms with Crippen molar-refractivity contribution < 1.29 is 9.90 Å². The van der Waals surface area contributed by atoms with Crippen molar-refractivity contribution in [3.8, 4) is 0 Å². The normalized spacial score (nSPS) is 14.4. The van der Waals surface area contributed by atoms with Gasteiger partial charge >= 0.3 is 0 Å². The first-order valence-corrected chi connectivity index (χ1v) is 11.6. The molecule has 32 heavy (non-hydrogen) atoms. The molecule has 8 nitrogen and oxygen atoms in total. The summed E-state index contributed by atoms with van der Waals surface area (Å²) in [6, 6.07) is 13.3. The number of thiophene rings is 1. The number of rotatable bonds is 8. The Morgan fingerprint density at radius 3 is 2.59 bits per heavy atom. The molecule has 1 aliphatic rings. The van der Waals surface area contributed by atoms with Crippen LogP contribution in [0.25, 0.3) is 0 Å². The maximum absolute atomic E-state index is 12.4. The Morgan fingerprint density at radius 2 is 1.91 bits per heavy atom. The molecule has 1 amide bonds. The second kappa shape index (κ2) is 10.5. The molecule has 1 aromatic carbocycles. The molecule has 0 unspecified atom stereocenters. The molecule has 1 aliphatic heterocycles. The molecule has 3 heterocycles. The SMILES string of the molecule is Cc1cc(Nc2ccc(C(=O)NCc3cccs3)cc2)nc(N2CCN(CCO)CC2)n1. The minimum absolute atomic E-state index is 0.0922. The van der Waals surface area contributed by atoms with E-state index in [9.17, 15) is 4.79 Å². The number of aryl methyl sites for hydroxylation is 1. The fourth-order valence-corrected chi connectivity index (χ4v) is 4.25. The highest BCUT2D eigenvalue weighted by Crippen LogP contribution is 2.20. The predicted octanol–water partition coefficient (Wildman–Crippen LogP) is 2.63. The number of piperazine rings is 1. The summed E-state index contributed by atoms with van der Waals surface area (Å²) in [5.41, 5.74) is 2.36. The molecule has 1 fully saturated rings. The van der Waals surface area contributed by atoms with Gasteiger partial charge < -0.3 is 20.6 Å². The zero-order valence-corrected chi connectivity index (χ0v) is 18.9. The van der Waals surface area contributed by atoms with E-state index in [0.29, 0.717) is 24.6 Å². The molecule has 2 aromatic heterocycles. The number of benzene rings is 1. The molecule has 0 saturated carbocycles. The average Bonchev–Trinajstić information content (AvgIpc) is 3.32. The zero-order chi connectivity index (χ0) is 22.3. The van der Waals surface area contributed by atoms with Gasteiger partial charge in [0.15, 0.2) is 0 Å². The molecule has 0 bridgehead atoms. The van der Waals surface area contributed by atoms with Gasteiger partial charge in [-0.3, -0.25) is 9.69 Å². The summed E-state index contributed by atoms with van der Waals surface area (Å²) < 4.78 is 0. The highest BCUT2D eigenvalue weighted by atomic mass is 32.1. The van der Waals surface area contributed by atoms with Crippen molar-refractivity contribution >= 4 is 34.7 Å². The van der Waals surface area contributed by atoms with Gasteiger partial charge in [-0.2, -0.15) is 4.98 Å². The van der Waals surface area contributed by atoms with E-state index in [1.54, 1.807) is 23.5 Å². The van der Waals surface area contributed by atoms with Crippen LogP contribution in [0.3, 0.4) is 0 Å². The van der Waals surface area contributed by atoms with E-state index in [1.807, 2.05) is 42.6 Å². The number of aliphatic hydroxyl groups is 1. The van der Waals surface area contributed by atoms with Gasteiger partial charge in [-0.1, -0.05) is 6.07 Å². The van der Waals surface area contributed by atoms with E-state index in [1.165, 1.54) is 0 Å². The zero-order valence-electron chi connectivity index (χ0n) is 18.1. The number of anilines is 3. The Labute approximate surface area is 191 Å². The van der Waals surface area contributed by atoms with E-state index in [-0.39, 0.29) is 12.5 Å². The van der Waals surface area contributed by atoms with Crippen LogP contribution in [-0.2, 0) is 6.54 Å². The van der Waals surface area contributed by atoms with Gasteiger partial charge in [-0.15, -0.1) is 11.3 Å². The van der Waals surface area contributed by atoms with Gasteiger partial charge in [0, 0.05) is 60.6 Å². The van der Waals surface area contributed by atoms with Gasteiger partial charge in [0.05, 0.1) is 13.2 Å². The van der Waals surface area contributed by atoms with Crippen molar-refractivity contribution in [2.24, 2.45) is 0 Å². The predicted molar refractivity (Wildman–Crippen MR) is 128 cm³/mol. The second-order valence-corrected chi connectivity index (χ2v) is 8.74. The van der Waals surface area contributed by atoms with E-state index in [4.69, 9.17) is 10.1 Å². The average molecular weight is 453 g/mol. The van der Waals surface area contributed by atoms with Crippen molar-refractivity contribution in [3.05, 3.63) is 64.0 Å². The Kier molecular flexibility index (Phi) is 7.31. The third-order valence-corrected chi connectivity index (χ3v) is 6.21. The molecule has 3 N–H and O–H groups in total. The molecule has 0 aliphatic carbocycles. The summed E-state index contributed by atoms with van der Waals surface area (Å²) in [6.45, 7) is 6.82. The molecule has 3 aromatic rings.